The number of anilines is 1. The molecule has 464 valence electrons. The number of hydrogen-bond donors (Lipinski definition) is 9. The molecule has 24 heteroatoms. The van der Waals surface area contributed by atoms with E-state index >= 15 is 0 Å². The van der Waals surface area contributed by atoms with E-state index in [0.717, 1.165) is 56.8 Å². The number of carbonyl (C=O) groups excluding carboxylic acids is 9. The van der Waals surface area contributed by atoms with E-state index in [1.165, 1.54) is 34.1 Å². The number of aryl methyl sites for hydroxylation is 3. The van der Waals surface area contributed by atoms with Gasteiger partial charge in [-0.05, 0) is 109 Å². The lowest BCUT2D eigenvalue weighted by Crippen LogP contribution is -2.57. The molecule has 0 radical (unpaired) electrons. The van der Waals surface area contributed by atoms with Crippen molar-refractivity contribution in [2.45, 2.75) is 148 Å². The van der Waals surface area contributed by atoms with E-state index in [1.54, 1.807) is 16.8 Å². The third-order valence-corrected chi connectivity index (χ3v) is 18.3. The first kappa shape index (κ1) is 64.3. The number of aliphatic hydroxyl groups excluding tert-OH is 1. The van der Waals surface area contributed by atoms with Crippen LogP contribution in [0.25, 0.3) is 21.3 Å². The van der Waals surface area contributed by atoms with Crippen LogP contribution in [-0.2, 0) is 70.5 Å². The second kappa shape index (κ2) is 27.5. The number of carbonyl (C=O) groups is 9. The number of nitrogens with two attached hydrogens (primary N) is 1. The Morgan fingerprint density at radius 2 is 1.52 bits per heavy atom. The molecule has 0 aliphatic carbocycles. The second-order valence-electron chi connectivity index (χ2n) is 24.2. The topological polar surface area (TPSA) is 341 Å². The molecular weight excluding hydrogens is 1170 g/mol. The van der Waals surface area contributed by atoms with Crippen LogP contribution >= 0.6 is 18.9 Å². The van der Waals surface area contributed by atoms with Gasteiger partial charge >= 0.3 is 7.60 Å². The molecule has 1 fully saturated rings. The van der Waals surface area contributed by atoms with E-state index in [9.17, 15) is 62.6 Å². The zero-order valence-corrected chi connectivity index (χ0v) is 51.2. The summed E-state index contributed by atoms with van der Waals surface area (Å²) in [4.78, 5) is 152. The number of para-hydroxylation sites is 1. The maximum atomic E-state index is 14.6. The standard InChI is InChI=1S/C64H74N9O13PS/c1-36-56(88-35-68-36)41-19-17-39(18-20-41)33-67-59(79)50-31-46(74)34-72(50)62(82)57(64(2,3)4)71-54(77)12-7-5-6-9-37-13-15-38(16-14-37)32-66-58(78)48(25-26-53(65)76)70-60(80)51-29-42-11-8-10-40-21-22-43(61(81)73(51)55(40)42)30-52(75)49-28-45-27-44(23-24-47(45)69-49)63(83)87(84,85)86/h8,10-11,13-20,23-24,27-28,35,43,46,48,50-51,57,69,74H,5-7,9,12,21-22,25-26,29-34H2,1-4H3,(H2,65,76)(H,66,78)(H,67,79)(H,70,80)(H,71,77)(H2,84,85,86)/t43-,46-,48+,50+,51+,57-/m1/s1. The normalized spacial score (nSPS) is 18.1. The molecule has 22 nitrogen and oxygen atoms in total. The number of likely N-dealkylation sites (tertiary alicyclic amines) is 1. The van der Waals surface area contributed by atoms with Crippen LogP contribution in [0.4, 0.5) is 5.69 Å². The number of primary amides is 1. The van der Waals surface area contributed by atoms with Gasteiger partial charge in [-0.3, -0.25) is 52.6 Å². The summed E-state index contributed by atoms with van der Waals surface area (Å²) in [6, 6.07) is 22.2. The highest BCUT2D eigenvalue weighted by Gasteiger charge is 2.46. The zero-order valence-electron chi connectivity index (χ0n) is 49.5. The molecule has 9 rings (SSSR count). The quantitative estimate of drug-likeness (QED) is 0.0181. The monoisotopic (exact) mass is 1240 g/mol. The zero-order chi connectivity index (χ0) is 63.2. The Labute approximate surface area is 513 Å². The lowest BCUT2D eigenvalue weighted by Gasteiger charge is -2.35. The fourth-order valence-electron chi connectivity index (χ4n) is 11.8. The first-order chi connectivity index (χ1) is 41.8. The van der Waals surface area contributed by atoms with E-state index < -0.39 is 90.0 Å². The summed E-state index contributed by atoms with van der Waals surface area (Å²) in [5.74, 6) is -4.74. The minimum absolute atomic E-state index is 0.0297. The Morgan fingerprint density at radius 3 is 2.20 bits per heavy atom. The van der Waals surface area contributed by atoms with Gasteiger partial charge in [0, 0.05) is 74.1 Å². The van der Waals surface area contributed by atoms with Crippen molar-refractivity contribution in [1.82, 2.24) is 36.1 Å². The molecule has 6 atom stereocenters. The van der Waals surface area contributed by atoms with Gasteiger partial charge < -0.3 is 51.8 Å². The van der Waals surface area contributed by atoms with Gasteiger partial charge in [0.05, 0.1) is 33.6 Å². The Morgan fingerprint density at radius 1 is 0.830 bits per heavy atom. The number of fused-ring (bicyclic) bond motifs is 1. The Bertz CT molecular complexity index is 3700. The highest BCUT2D eigenvalue weighted by Crippen LogP contribution is 2.42. The number of nitrogens with one attached hydrogen (secondary N) is 5. The van der Waals surface area contributed by atoms with Gasteiger partial charge in [0.25, 0.3) is 5.52 Å². The van der Waals surface area contributed by atoms with Gasteiger partial charge in [0.2, 0.25) is 41.4 Å². The number of Topliss-reactive ketones (excluding diaryl/α,β-unsaturated/α-hetero) is 1. The number of aliphatic hydroxyl groups is 1. The molecule has 5 heterocycles. The summed E-state index contributed by atoms with van der Waals surface area (Å²) in [7, 11) is -5.05. The predicted molar refractivity (Wildman–Crippen MR) is 329 cm³/mol. The molecule has 3 aliphatic heterocycles. The maximum absolute atomic E-state index is 14.6. The summed E-state index contributed by atoms with van der Waals surface area (Å²) in [5, 5.41) is 22.5. The average Bonchev–Trinajstić information content (AvgIpc) is 1.95. The van der Waals surface area contributed by atoms with Crippen LogP contribution in [0.15, 0.2) is 96.5 Å². The third kappa shape index (κ3) is 15.4. The van der Waals surface area contributed by atoms with Crippen LogP contribution < -0.4 is 31.9 Å². The van der Waals surface area contributed by atoms with Gasteiger partial charge in [-0.2, -0.15) is 0 Å². The summed E-state index contributed by atoms with van der Waals surface area (Å²) >= 11 is 1.56. The number of rotatable bonds is 25. The highest BCUT2D eigenvalue weighted by atomic mass is 32.1. The van der Waals surface area contributed by atoms with Crippen LogP contribution in [0.5, 0.6) is 0 Å². The van der Waals surface area contributed by atoms with Crippen LogP contribution in [0.3, 0.4) is 0 Å². The van der Waals surface area contributed by atoms with Crippen molar-refractivity contribution in [3.05, 3.63) is 141 Å². The average molecular weight is 1240 g/mol. The molecule has 10 N–H and O–H groups in total. The van der Waals surface area contributed by atoms with Crippen molar-refractivity contribution in [3.8, 4) is 10.4 Å². The molecule has 2 aromatic heterocycles. The van der Waals surface area contributed by atoms with Crippen molar-refractivity contribution in [1.29, 1.82) is 0 Å². The first-order valence-corrected chi connectivity index (χ1v) is 32.0. The molecule has 0 saturated carbocycles. The minimum atomic E-state index is -5.05. The number of thiazole rings is 1. The lowest BCUT2D eigenvalue weighted by atomic mass is 9.85. The van der Waals surface area contributed by atoms with Gasteiger partial charge in [-0.15, -0.1) is 11.3 Å². The summed E-state index contributed by atoms with van der Waals surface area (Å²) < 4.78 is 11.6. The van der Waals surface area contributed by atoms with E-state index in [2.05, 4.69) is 31.2 Å². The SMILES string of the molecule is Cc1ncsc1-c1ccc(CNC(=O)[C@@H]2C[C@@H](O)CN2C(=O)[C@@H](NC(=O)CCCCCc2ccc(CNC(=O)[C@H](CCC(N)=O)NC(=O)[C@@H]3Cc4cccc5c4N3C(=O)[C@@H](CC(=O)c3cc4cc(C(=O)P(=O)(O)O)ccc4[nH]3)CC5)cc2)C(C)(C)C)cc1. The molecule has 1 saturated heterocycles. The van der Waals surface area contributed by atoms with Crippen molar-refractivity contribution < 1.29 is 62.6 Å². The van der Waals surface area contributed by atoms with E-state index in [0.29, 0.717) is 35.9 Å². The Kier molecular flexibility index (Phi) is 20.0. The Balaban J connectivity index is 0.736. The predicted octanol–water partition coefficient (Wildman–Crippen LogP) is 5.99. The van der Waals surface area contributed by atoms with Crippen LogP contribution in [0.2, 0.25) is 0 Å². The molecule has 7 amide bonds. The number of unbranched alkanes of at least 4 members (excludes halogenated alkanes) is 2. The van der Waals surface area contributed by atoms with Gasteiger partial charge in [-0.25, -0.2) is 4.98 Å². The van der Waals surface area contributed by atoms with E-state index in [4.69, 9.17) is 5.73 Å². The first-order valence-electron chi connectivity index (χ1n) is 29.5. The molecule has 4 aromatic carbocycles. The molecule has 0 bridgehead atoms. The third-order valence-electron chi connectivity index (χ3n) is 16.6. The fourth-order valence-corrected chi connectivity index (χ4v) is 13.1. The molecule has 6 aromatic rings. The lowest BCUT2D eigenvalue weighted by molar-refractivity contribution is -0.144. The number of amides is 7. The number of β-amino-alcohol motifs (C(OH)–C–C–N with tert-alkyl or cyclic N) is 1. The number of aromatic nitrogens is 2. The van der Waals surface area contributed by atoms with Crippen molar-refractivity contribution in [2.75, 3.05) is 11.4 Å². The number of ketones is 1. The largest absolute Gasteiger partial charge is 0.396 e. The van der Waals surface area contributed by atoms with Crippen molar-refractivity contribution in [3.63, 3.8) is 0 Å². The maximum Gasteiger partial charge on any atom is 0.396 e. The number of hydrogen-bond acceptors (Lipinski definition) is 13. The van der Waals surface area contributed by atoms with Gasteiger partial charge in [0.15, 0.2) is 5.78 Å². The summed E-state index contributed by atoms with van der Waals surface area (Å²) in [5.41, 5.74) is 12.4. The number of benzene rings is 4. The van der Waals surface area contributed by atoms with E-state index in [-0.39, 0.29) is 87.7 Å². The summed E-state index contributed by atoms with van der Waals surface area (Å²) in [6.45, 7) is 7.78. The highest BCUT2D eigenvalue weighted by molar-refractivity contribution is 7.70. The fraction of sp³-hybridized carbons (Fsp3) is 0.406. The Hall–Kier alpha value is -8.21. The number of aromatic amines is 1. The van der Waals surface area contributed by atoms with Crippen molar-refractivity contribution >= 4 is 88.2 Å². The van der Waals surface area contributed by atoms with Gasteiger partial charge in [0.1, 0.15) is 24.2 Å². The minimum Gasteiger partial charge on any atom is -0.391 e. The van der Waals surface area contributed by atoms with E-state index in [1.807, 2.05) is 94.4 Å². The summed E-state index contributed by atoms with van der Waals surface area (Å²) in [6.07, 6.45) is 2.40. The van der Waals surface area contributed by atoms with Crippen molar-refractivity contribution in [2.24, 2.45) is 17.1 Å². The smallest absolute Gasteiger partial charge is 0.391 e. The van der Waals surface area contributed by atoms with Crippen LogP contribution in [0.1, 0.15) is 133 Å². The van der Waals surface area contributed by atoms with Gasteiger partial charge in [-0.1, -0.05) is 93.9 Å². The molecule has 3 aliphatic rings. The van der Waals surface area contributed by atoms with Crippen LogP contribution in [-0.4, -0.2) is 119 Å². The second-order valence-corrected chi connectivity index (χ2v) is 26.5. The molecular formula is C64H74N9O13PS. The number of H-pyrrole nitrogens is 1. The molecule has 0 spiro atoms. The number of nitrogens with zero attached hydrogens (tertiary/aromatic N) is 3. The molecule has 88 heavy (non-hydrogen) atoms. The molecule has 0 unspecified atom stereocenters. The van der Waals surface area contributed by atoms with Crippen LogP contribution in [0, 0.1) is 18.3 Å².